The van der Waals surface area contributed by atoms with Gasteiger partial charge in [0.15, 0.2) is 5.65 Å². The van der Waals surface area contributed by atoms with Crippen molar-refractivity contribution < 1.29 is 13.7 Å². The lowest BCUT2D eigenvalue weighted by Gasteiger charge is -2.07. The van der Waals surface area contributed by atoms with E-state index in [4.69, 9.17) is 17.3 Å². The van der Waals surface area contributed by atoms with Crippen molar-refractivity contribution in [3.63, 3.8) is 0 Å². The highest BCUT2D eigenvalue weighted by molar-refractivity contribution is 6.34. The molecule has 0 aliphatic carbocycles. The number of nitrogen functional groups attached to an aromatic ring is 1. The molecule has 2 aromatic heterocycles. The Morgan fingerprint density at radius 1 is 1.30 bits per heavy atom. The lowest BCUT2D eigenvalue weighted by Crippen LogP contribution is -2.08. The van der Waals surface area contributed by atoms with Gasteiger partial charge in [-0.15, -0.1) is 0 Å². The summed E-state index contributed by atoms with van der Waals surface area (Å²) in [5, 5.41) is 15.0. The van der Waals surface area contributed by atoms with Crippen LogP contribution in [0.1, 0.15) is 5.56 Å². The Labute approximate surface area is 131 Å². The number of nitrogens with zero attached hydrogens (tertiary/aromatic N) is 5. The Hall–Kier alpha value is -2.88. The van der Waals surface area contributed by atoms with Crippen LogP contribution in [0.15, 0.2) is 18.3 Å². The summed E-state index contributed by atoms with van der Waals surface area (Å²) in [5.74, 6) is -2.24. The predicted octanol–water partition coefficient (Wildman–Crippen LogP) is 2.30. The second-order valence-electron chi connectivity index (χ2n) is 4.56. The third-order valence-electron chi connectivity index (χ3n) is 3.11. The van der Waals surface area contributed by atoms with E-state index in [1.807, 2.05) is 0 Å². The van der Waals surface area contributed by atoms with Gasteiger partial charge in [-0.3, -0.25) is 10.1 Å². The number of benzene rings is 1. The maximum Gasteiger partial charge on any atom is 0.275 e. The summed E-state index contributed by atoms with van der Waals surface area (Å²) in [5.41, 5.74) is 4.61. The Morgan fingerprint density at radius 3 is 2.57 bits per heavy atom. The van der Waals surface area contributed by atoms with Crippen molar-refractivity contribution in [3.05, 3.63) is 50.8 Å². The van der Waals surface area contributed by atoms with Crippen LogP contribution < -0.4 is 5.73 Å². The van der Waals surface area contributed by atoms with Gasteiger partial charge in [0.05, 0.1) is 35.2 Å². The molecule has 0 amide bonds. The standard InChI is InChI=1S/C12H7ClF2N6O2/c13-10-6-3-17-20(11(6)19-12(16)18-10)4-7-8(14)1-5(21(22)23)2-9(7)15/h1-3H,4H2,(H2,16,18,19). The topological polar surface area (TPSA) is 113 Å². The quantitative estimate of drug-likeness (QED) is 0.444. The lowest BCUT2D eigenvalue weighted by molar-refractivity contribution is -0.385. The Kier molecular flexibility index (Phi) is 3.52. The van der Waals surface area contributed by atoms with Crippen molar-refractivity contribution in [2.45, 2.75) is 6.54 Å². The minimum atomic E-state index is -1.06. The maximum atomic E-state index is 14.0. The molecule has 3 aromatic rings. The van der Waals surface area contributed by atoms with Crippen LogP contribution in [0.2, 0.25) is 5.15 Å². The Balaban J connectivity index is 2.08. The molecule has 118 valence electrons. The number of nitro groups is 1. The maximum absolute atomic E-state index is 14.0. The highest BCUT2D eigenvalue weighted by atomic mass is 35.5. The van der Waals surface area contributed by atoms with Crippen LogP contribution in [-0.4, -0.2) is 24.7 Å². The van der Waals surface area contributed by atoms with Gasteiger partial charge in [0.25, 0.3) is 5.69 Å². The normalized spacial score (nSPS) is 11.1. The summed E-state index contributed by atoms with van der Waals surface area (Å²) >= 11 is 5.89. The van der Waals surface area contributed by atoms with Gasteiger partial charge in [-0.05, 0) is 0 Å². The van der Waals surface area contributed by atoms with Gasteiger partial charge in [-0.1, -0.05) is 11.6 Å². The monoisotopic (exact) mass is 340 g/mol. The van der Waals surface area contributed by atoms with E-state index >= 15 is 0 Å². The van der Waals surface area contributed by atoms with Crippen LogP contribution in [0.4, 0.5) is 20.4 Å². The summed E-state index contributed by atoms with van der Waals surface area (Å²) in [6.45, 7) is -0.341. The average molecular weight is 341 g/mol. The van der Waals surface area contributed by atoms with E-state index in [1.165, 1.54) is 10.9 Å². The molecule has 0 saturated carbocycles. The second kappa shape index (κ2) is 5.39. The van der Waals surface area contributed by atoms with Gasteiger partial charge in [-0.2, -0.15) is 10.1 Å². The van der Waals surface area contributed by atoms with E-state index in [0.29, 0.717) is 17.5 Å². The molecule has 1 aromatic carbocycles. The molecule has 8 nitrogen and oxygen atoms in total. The third-order valence-corrected chi connectivity index (χ3v) is 3.40. The van der Waals surface area contributed by atoms with Crippen LogP contribution >= 0.6 is 11.6 Å². The van der Waals surface area contributed by atoms with Gasteiger partial charge < -0.3 is 5.73 Å². The summed E-state index contributed by atoms with van der Waals surface area (Å²) in [4.78, 5) is 17.4. The number of non-ortho nitro benzene ring substituents is 1. The summed E-state index contributed by atoms with van der Waals surface area (Å²) in [6.07, 6.45) is 1.33. The molecule has 0 aliphatic heterocycles. The van der Waals surface area contributed by atoms with Crippen LogP contribution in [0, 0.1) is 21.7 Å². The van der Waals surface area contributed by atoms with Crippen molar-refractivity contribution in [2.75, 3.05) is 5.73 Å². The largest absolute Gasteiger partial charge is 0.368 e. The van der Waals surface area contributed by atoms with Crippen LogP contribution in [0.25, 0.3) is 11.0 Å². The van der Waals surface area contributed by atoms with E-state index in [9.17, 15) is 18.9 Å². The Bertz CT molecular complexity index is 922. The van der Waals surface area contributed by atoms with E-state index in [0.717, 1.165) is 0 Å². The molecule has 0 spiro atoms. The zero-order chi connectivity index (χ0) is 16.7. The number of anilines is 1. The Morgan fingerprint density at radius 2 is 1.96 bits per heavy atom. The number of hydrogen-bond donors (Lipinski definition) is 1. The molecule has 0 unspecified atom stereocenters. The number of nitrogens with two attached hydrogens (primary N) is 1. The highest BCUT2D eigenvalue weighted by Crippen LogP contribution is 2.24. The van der Waals surface area contributed by atoms with Crippen molar-refractivity contribution in [1.29, 1.82) is 0 Å². The molecule has 0 fully saturated rings. The van der Waals surface area contributed by atoms with Crippen LogP contribution in [0.3, 0.4) is 0 Å². The summed E-state index contributed by atoms with van der Waals surface area (Å²) in [6, 6.07) is 1.28. The first-order chi connectivity index (χ1) is 10.9. The first-order valence-corrected chi connectivity index (χ1v) is 6.51. The molecule has 0 bridgehead atoms. The summed E-state index contributed by atoms with van der Waals surface area (Å²) in [7, 11) is 0. The third kappa shape index (κ3) is 2.63. The number of aromatic nitrogens is 4. The highest BCUT2D eigenvalue weighted by Gasteiger charge is 2.19. The van der Waals surface area contributed by atoms with E-state index in [2.05, 4.69) is 15.1 Å². The van der Waals surface area contributed by atoms with E-state index in [1.54, 1.807) is 0 Å². The lowest BCUT2D eigenvalue weighted by atomic mass is 10.1. The first-order valence-electron chi connectivity index (χ1n) is 6.13. The molecule has 0 radical (unpaired) electrons. The zero-order valence-electron chi connectivity index (χ0n) is 11.2. The molecule has 0 aliphatic rings. The number of fused-ring (bicyclic) bond motifs is 1. The molecule has 2 N–H and O–H groups in total. The van der Waals surface area contributed by atoms with Gasteiger partial charge in [0.2, 0.25) is 5.95 Å². The SMILES string of the molecule is Nc1nc(Cl)c2cnn(Cc3c(F)cc([N+](=O)[O-])cc3F)c2n1. The number of nitro benzene ring substituents is 1. The van der Waals surface area contributed by atoms with Gasteiger partial charge in [0.1, 0.15) is 16.8 Å². The summed E-state index contributed by atoms with van der Waals surface area (Å²) < 4.78 is 29.1. The smallest absolute Gasteiger partial charge is 0.275 e. The van der Waals surface area contributed by atoms with Crippen molar-refractivity contribution in [2.24, 2.45) is 0 Å². The second-order valence-corrected chi connectivity index (χ2v) is 4.92. The molecule has 2 heterocycles. The molecular weight excluding hydrogens is 334 g/mol. The fraction of sp³-hybridized carbons (Fsp3) is 0.0833. The molecule has 3 rings (SSSR count). The zero-order valence-corrected chi connectivity index (χ0v) is 12.0. The fourth-order valence-corrected chi connectivity index (χ4v) is 2.27. The fourth-order valence-electron chi connectivity index (χ4n) is 2.05. The molecular formula is C12H7ClF2N6O2. The van der Waals surface area contributed by atoms with E-state index < -0.39 is 27.8 Å². The number of rotatable bonds is 3. The predicted molar refractivity (Wildman–Crippen MR) is 76.9 cm³/mol. The molecule has 0 saturated heterocycles. The van der Waals surface area contributed by atoms with Crippen LogP contribution in [-0.2, 0) is 6.54 Å². The van der Waals surface area contributed by atoms with Gasteiger partial charge in [0, 0.05) is 5.56 Å². The first kappa shape index (κ1) is 15.0. The minimum absolute atomic E-state index is 0.0587. The van der Waals surface area contributed by atoms with Gasteiger partial charge >= 0.3 is 0 Å². The van der Waals surface area contributed by atoms with E-state index in [-0.39, 0.29) is 23.3 Å². The van der Waals surface area contributed by atoms with Crippen LogP contribution in [0.5, 0.6) is 0 Å². The number of halogens is 3. The van der Waals surface area contributed by atoms with Crippen molar-refractivity contribution >= 4 is 34.3 Å². The molecule has 11 heteroatoms. The number of hydrogen-bond acceptors (Lipinski definition) is 6. The average Bonchev–Trinajstić information content (AvgIpc) is 2.85. The molecule has 23 heavy (non-hydrogen) atoms. The minimum Gasteiger partial charge on any atom is -0.368 e. The van der Waals surface area contributed by atoms with Crippen molar-refractivity contribution in [1.82, 2.24) is 19.7 Å². The van der Waals surface area contributed by atoms with Gasteiger partial charge in [-0.25, -0.2) is 18.4 Å². The molecule has 0 atom stereocenters. The van der Waals surface area contributed by atoms with Crippen molar-refractivity contribution in [3.8, 4) is 0 Å².